The fourth-order valence-corrected chi connectivity index (χ4v) is 3.50. The summed E-state index contributed by atoms with van der Waals surface area (Å²) in [6.07, 6.45) is 2.63. The zero-order valence-corrected chi connectivity index (χ0v) is 16.8. The third kappa shape index (κ3) is 4.31. The summed E-state index contributed by atoms with van der Waals surface area (Å²) in [6.45, 7) is -0.103. The van der Waals surface area contributed by atoms with Gasteiger partial charge in [-0.25, -0.2) is 22.3 Å². The van der Waals surface area contributed by atoms with E-state index in [0.29, 0.717) is 16.7 Å². The third-order valence-corrected chi connectivity index (χ3v) is 5.24. The smallest absolute Gasteiger partial charge is 0.345 e. The third-order valence-electron chi connectivity index (χ3n) is 4.57. The van der Waals surface area contributed by atoms with Gasteiger partial charge >= 0.3 is 5.97 Å². The molecule has 0 aliphatic heterocycles. The number of nitrogens with zero attached hydrogens (tertiary/aromatic N) is 2. The maximum atomic E-state index is 13.7. The molecule has 0 aliphatic carbocycles. The van der Waals surface area contributed by atoms with E-state index < -0.39 is 38.7 Å². The highest BCUT2D eigenvalue weighted by atomic mass is 32.2. The molecule has 0 spiro atoms. The van der Waals surface area contributed by atoms with Crippen LogP contribution < -0.4 is 10.3 Å². The van der Waals surface area contributed by atoms with Crippen molar-refractivity contribution in [3.63, 3.8) is 0 Å². The number of carboxylic acid groups (broad SMARTS) is 1. The summed E-state index contributed by atoms with van der Waals surface area (Å²) in [5.41, 5.74) is 0.175. The van der Waals surface area contributed by atoms with E-state index in [0.717, 1.165) is 10.8 Å². The Morgan fingerprint density at radius 2 is 1.97 bits per heavy atom. The molecular formula is C19H18FN3O6S. The Morgan fingerprint density at radius 3 is 2.60 bits per heavy atom. The maximum Gasteiger partial charge on any atom is 0.345 e. The minimum Gasteiger partial charge on any atom is -0.505 e. The quantitative estimate of drug-likeness (QED) is 0.527. The number of fused-ring (bicyclic) bond motifs is 1. The summed E-state index contributed by atoms with van der Waals surface area (Å²) in [7, 11) is -2.12. The Hall–Kier alpha value is -3.31. The Kier molecular flexibility index (Phi) is 5.59. The van der Waals surface area contributed by atoms with Crippen molar-refractivity contribution in [1.82, 2.24) is 14.3 Å². The molecule has 30 heavy (non-hydrogen) atoms. The molecule has 158 valence electrons. The van der Waals surface area contributed by atoms with Gasteiger partial charge in [0.2, 0.25) is 10.0 Å². The molecule has 2 heterocycles. The minimum absolute atomic E-state index is 0.0451. The molecule has 3 aromatic rings. The van der Waals surface area contributed by atoms with E-state index in [1.165, 1.54) is 31.4 Å². The van der Waals surface area contributed by atoms with E-state index in [2.05, 4.69) is 9.71 Å². The molecule has 0 bridgehead atoms. The number of rotatable bonds is 6. The van der Waals surface area contributed by atoms with E-state index in [4.69, 9.17) is 5.11 Å². The first-order valence-corrected chi connectivity index (χ1v) is 10.5. The Bertz CT molecular complexity index is 1330. The molecule has 11 heteroatoms. The highest BCUT2D eigenvalue weighted by Gasteiger charge is 2.21. The number of benzene rings is 1. The Balaban J connectivity index is 2.05. The summed E-state index contributed by atoms with van der Waals surface area (Å²) >= 11 is 0. The first kappa shape index (κ1) is 21.4. The molecule has 3 rings (SSSR count). The van der Waals surface area contributed by atoms with Gasteiger partial charge in [-0.1, -0.05) is 6.07 Å². The van der Waals surface area contributed by atoms with Crippen LogP contribution in [-0.4, -0.2) is 40.4 Å². The van der Waals surface area contributed by atoms with Gasteiger partial charge in [0.15, 0.2) is 11.3 Å². The van der Waals surface area contributed by atoms with Gasteiger partial charge in [0.25, 0.3) is 5.56 Å². The lowest BCUT2D eigenvalue weighted by Crippen LogP contribution is -2.25. The molecule has 0 saturated carbocycles. The zero-order chi connectivity index (χ0) is 22.2. The van der Waals surface area contributed by atoms with Gasteiger partial charge in [-0.2, -0.15) is 0 Å². The predicted octanol–water partition coefficient (Wildman–Crippen LogP) is 1.12. The van der Waals surface area contributed by atoms with Gasteiger partial charge in [-0.15, -0.1) is 0 Å². The molecule has 0 atom stereocenters. The van der Waals surface area contributed by atoms with Crippen molar-refractivity contribution >= 4 is 27.0 Å². The number of nitrogens with one attached hydrogen (secondary N) is 1. The van der Waals surface area contributed by atoms with Gasteiger partial charge in [-0.3, -0.25) is 9.78 Å². The van der Waals surface area contributed by atoms with Crippen molar-refractivity contribution in [2.24, 2.45) is 7.05 Å². The monoisotopic (exact) mass is 435 g/mol. The van der Waals surface area contributed by atoms with Crippen LogP contribution >= 0.6 is 0 Å². The van der Waals surface area contributed by atoms with Crippen LogP contribution in [0.25, 0.3) is 11.0 Å². The topological polar surface area (TPSA) is 139 Å². The van der Waals surface area contributed by atoms with Crippen molar-refractivity contribution in [2.75, 3.05) is 6.26 Å². The van der Waals surface area contributed by atoms with Gasteiger partial charge in [-0.05, 0) is 41.3 Å². The fourth-order valence-electron chi connectivity index (χ4n) is 3.08. The van der Waals surface area contributed by atoms with E-state index >= 15 is 0 Å². The molecule has 0 aliphatic rings. The number of carbonyl (C=O) groups is 1. The van der Waals surface area contributed by atoms with Crippen molar-refractivity contribution in [3.05, 3.63) is 68.9 Å². The fraction of sp³-hybridized carbons (Fsp3) is 0.211. The van der Waals surface area contributed by atoms with Crippen LogP contribution in [-0.2, 0) is 30.0 Å². The Morgan fingerprint density at radius 1 is 1.27 bits per heavy atom. The summed E-state index contributed by atoms with van der Waals surface area (Å²) in [6, 6.07) is 5.55. The largest absolute Gasteiger partial charge is 0.505 e. The lowest BCUT2D eigenvalue weighted by molar-refractivity contribution is 0.0691. The van der Waals surface area contributed by atoms with Crippen LogP contribution in [0.2, 0.25) is 0 Å². The number of aryl methyl sites for hydroxylation is 1. The normalized spacial score (nSPS) is 11.7. The second-order valence-electron chi connectivity index (χ2n) is 6.79. The number of sulfonamides is 1. The Labute approximate surface area is 170 Å². The van der Waals surface area contributed by atoms with E-state index in [1.807, 2.05) is 0 Å². The molecule has 0 radical (unpaired) electrons. The number of aromatic carboxylic acids is 1. The molecule has 0 saturated heterocycles. The summed E-state index contributed by atoms with van der Waals surface area (Å²) in [5, 5.41) is 19.3. The van der Waals surface area contributed by atoms with E-state index in [1.54, 1.807) is 6.07 Å². The lowest BCUT2D eigenvalue weighted by Gasteiger charge is -2.13. The first-order valence-electron chi connectivity index (χ1n) is 8.63. The predicted molar refractivity (Wildman–Crippen MR) is 106 cm³/mol. The first-order chi connectivity index (χ1) is 14.0. The zero-order valence-electron chi connectivity index (χ0n) is 16.0. The number of pyridine rings is 2. The van der Waals surface area contributed by atoms with E-state index in [9.17, 15) is 27.5 Å². The maximum absolute atomic E-state index is 13.7. The van der Waals surface area contributed by atoms with Gasteiger partial charge in [0.1, 0.15) is 11.3 Å². The number of aromatic nitrogens is 2. The number of aromatic hydroxyl groups is 1. The van der Waals surface area contributed by atoms with Crippen LogP contribution in [0.5, 0.6) is 5.75 Å². The van der Waals surface area contributed by atoms with Crippen LogP contribution in [0, 0.1) is 5.82 Å². The highest BCUT2D eigenvalue weighted by Crippen LogP contribution is 2.26. The molecule has 2 aromatic heterocycles. The summed E-state index contributed by atoms with van der Waals surface area (Å²) in [4.78, 5) is 27.6. The summed E-state index contributed by atoms with van der Waals surface area (Å²) < 4.78 is 39.8. The molecule has 9 nitrogen and oxygen atoms in total. The number of halogens is 1. The molecule has 0 fully saturated rings. The minimum atomic E-state index is -3.48. The standard InChI is InChI=1S/C19H18FN3O6S/c1-23-14-6-10(8-21-16(14)17(24)15(18(23)25)19(26)27)5-11-3-4-13(20)7-12(11)9-22-30(2,28)29/h3-4,6-8,22,24H,5,9H2,1-2H3,(H,26,27). The second-order valence-corrected chi connectivity index (χ2v) is 8.62. The second kappa shape index (κ2) is 7.84. The van der Waals surface area contributed by atoms with E-state index in [-0.39, 0.29) is 24.0 Å². The van der Waals surface area contributed by atoms with Crippen molar-refractivity contribution < 1.29 is 27.8 Å². The molecule has 3 N–H and O–H groups in total. The SMILES string of the molecule is Cn1c(=O)c(C(=O)O)c(O)c2ncc(Cc3ccc(F)cc3CNS(C)(=O)=O)cc21. The van der Waals surface area contributed by atoms with Crippen molar-refractivity contribution in [2.45, 2.75) is 13.0 Å². The lowest BCUT2D eigenvalue weighted by atomic mass is 10.00. The van der Waals surface area contributed by atoms with Crippen LogP contribution in [0.1, 0.15) is 27.0 Å². The van der Waals surface area contributed by atoms with Gasteiger partial charge in [0, 0.05) is 19.8 Å². The van der Waals surface area contributed by atoms with Gasteiger partial charge < -0.3 is 14.8 Å². The molecule has 0 unspecified atom stereocenters. The molecule has 1 aromatic carbocycles. The van der Waals surface area contributed by atoms with Crippen molar-refractivity contribution in [1.29, 1.82) is 0 Å². The molecule has 0 amide bonds. The van der Waals surface area contributed by atoms with Crippen LogP contribution in [0.15, 0.2) is 35.3 Å². The van der Waals surface area contributed by atoms with Crippen LogP contribution in [0.3, 0.4) is 0 Å². The number of hydrogen-bond acceptors (Lipinski definition) is 6. The van der Waals surface area contributed by atoms with Gasteiger partial charge in [0.05, 0.1) is 11.8 Å². The molecular weight excluding hydrogens is 417 g/mol. The van der Waals surface area contributed by atoms with Crippen LogP contribution in [0.4, 0.5) is 4.39 Å². The summed E-state index contributed by atoms with van der Waals surface area (Å²) in [5.74, 6) is -2.80. The average molecular weight is 435 g/mol. The number of hydrogen-bond donors (Lipinski definition) is 3. The average Bonchev–Trinajstić information content (AvgIpc) is 2.65. The highest BCUT2D eigenvalue weighted by molar-refractivity contribution is 7.88. The van der Waals surface area contributed by atoms with Crippen molar-refractivity contribution in [3.8, 4) is 5.75 Å². The number of carboxylic acids is 1.